The summed E-state index contributed by atoms with van der Waals surface area (Å²) in [6, 6.07) is 1.84. The second-order valence-electron chi connectivity index (χ2n) is 4.90. The molecule has 1 fully saturated rings. The third kappa shape index (κ3) is 1.56. The molecule has 2 aromatic heterocycles. The number of tetrazole rings is 1. The van der Waals surface area contributed by atoms with Crippen molar-refractivity contribution in [3.05, 3.63) is 11.8 Å². The van der Waals surface area contributed by atoms with Gasteiger partial charge in [0.25, 0.3) is 0 Å². The molecule has 2 aromatic rings. The average molecular weight is 262 g/mol. The van der Waals surface area contributed by atoms with Crippen LogP contribution in [0.4, 0.5) is 0 Å². The lowest BCUT2D eigenvalue weighted by molar-refractivity contribution is -0.153. The quantitative estimate of drug-likeness (QED) is 0.856. The lowest BCUT2D eigenvalue weighted by atomic mass is 9.77. The monoisotopic (exact) mass is 262 g/mol. The molecule has 0 radical (unpaired) electrons. The van der Waals surface area contributed by atoms with Gasteiger partial charge in [-0.2, -0.15) is 5.10 Å². The van der Waals surface area contributed by atoms with Crippen LogP contribution in [0.15, 0.2) is 6.07 Å². The van der Waals surface area contributed by atoms with Crippen molar-refractivity contribution in [3.8, 4) is 11.5 Å². The van der Waals surface area contributed by atoms with Crippen LogP contribution in [0.25, 0.3) is 11.5 Å². The molecule has 8 nitrogen and oxygen atoms in total. The molecule has 2 heterocycles. The van der Waals surface area contributed by atoms with Crippen LogP contribution >= 0.6 is 0 Å². The van der Waals surface area contributed by atoms with Crippen molar-refractivity contribution in [3.63, 3.8) is 0 Å². The number of rotatable bonds is 3. The van der Waals surface area contributed by atoms with Crippen LogP contribution in [0.2, 0.25) is 0 Å². The van der Waals surface area contributed by atoms with Gasteiger partial charge in [-0.1, -0.05) is 0 Å². The highest BCUT2D eigenvalue weighted by Gasteiger charge is 2.49. The van der Waals surface area contributed by atoms with Gasteiger partial charge in [0.05, 0.1) is 5.69 Å². The Kier molecular flexibility index (Phi) is 2.41. The summed E-state index contributed by atoms with van der Waals surface area (Å²) in [4.78, 5) is 11.5. The molecule has 1 aliphatic rings. The van der Waals surface area contributed by atoms with Gasteiger partial charge in [0, 0.05) is 7.05 Å². The molecular formula is C11H14N6O2. The maximum absolute atomic E-state index is 11.5. The van der Waals surface area contributed by atoms with Crippen molar-refractivity contribution in [2.24, 2.45) is 7.05 Å². The van der Waals surface area contributed by atoms with E-state index in [0.717, 1.165) is 17.8 Å². The van der Waals surface area contributed by atoms with E-state index >= 15 is 0 Å². The molecule has 0 amide bonds. The molecule has 1 saturated carbocycles. The molecule has 19 heavy (non-hydrogen) atoms. The van der Waals surface area contributed by atoms with Crippen LogP contribution in [0.5, 0.6) is 0 Å². The van der Waals surface area contributed by atoms with Crippen LogP contribution in [0, 0.1) is 6.92 Å². The van der Waals surface area contributed by atoms with Gasteiger partial charge in [-0.3, -0.25) is 4.68 Å². The Morgan fingerprint density at radius 3 is 2.68 bits per heavy atom. The molecule has 0 unspecified atom stereocenters. The maximum Gasteiger partial charge on any atom is 0.331 e. The second kappa shape index (κ2) is 3.87. The molecule has 0 aliphatic heterocycles. The number of aliphatic carboxylic acids is 1. The average Bonchev–Trinajstić information content (AvgIpc) is 2.83. The van der Waals surface area contributed by atoms with E-state index in [2.05, 4.69) is 20.6 Å². The first-order chi connectivity index (χ1) is 9.04. The summed E-state index contributed by atoms with van der Waals surface area (Å²) in [5.74, 6) is -0.434. The summed E-state index contributed by atoms with van der Waals surface area (Å²) in [6.45, 7) is 1.87. The Balaban J connectivity index is 2.13. The number of hydrogen-bond acceptors (Lipinski definition) is 5. The molecule has 8 heteroatoms. The molecular weight excluding hydrogens is 248 g/mol. The van der Waals surface area contributed by atoms with Gasteiger partial charge < -0.3 is 5.11 Å². The summed E-state index contributed by atoms with van der Waals surface area (Å²) in [7, 11) is 1.79. The van der Waals surface area contributed by atoms with Crippen molar-refractivity contribution >= 4 is 5.97 Å². The Morgan fingerprint density at radius 1 is 1.47 bits per heavy atom. The van der Waals surface area contributed by atoms with Crippen molar-refractivity contribution in [1.82, 2.24) is 30.0 Å². The summed E-state index contributed by atoms with van der Waals surface area (Å²) in [6.07, 6.45) is 1.98. The van der Waals surface area contributed by atoms with E-state index < -0.39 is 11.5 Å². The predicted molar refractivity (Wildman–Crippen MR) is 64.2 cm³/mol. The zero-order valence-corrected chi connectivity index (χ0v) is 10.7. The van der Waals surface area contributed by atoms with Crippen molar-refractivity contribution in [1.29, 1.82) is 0 Å². The van der Waals surface area contributed by atoms with Crippen LogP contribution in [0.3, 0.4) is 0 Å². The van der Waals surface area contributed by atoms with E-state index in [1.165, 1.54) is 4.68 Å². The Labute approximate surface area is 109 Å². The fourth-order valence-corrected chi connectivity index (χ4v) is 2.48. The molecule has 0 bridgehead atoms. The topological polar surface area (TPSA) is 98.7 Å². The molecule has 0 saturated heterocycles. The van der Waals surface area contributed by atoms with Gasteiger partial charge >= 0.3 is 5.97 Å². The maximum atomic E-state index is 11.5. The second-order valence-corrected chi connectivity index (χ2v) is 4.90. The number of aromatic nitrogens is 6. The van der Waals surface area contributed by atoms with Gasteiger partial charge in [0.15, 0.2) is 5.54 Å². The van der Waals surface area contributed by atoms with Crippen molar-refractivity contribution in [2.45, 2.75) is 31.7 Å². The number of carbonyl (C=O) groups is 1. The standard InChI is InChI=1S/C11H14N6O2/c1-7-6-8(16(2)13-7)9-12-14-15-17(9)11(10(18)19)4-3-5-11/h6H,3-5H2,1-2H3,(H,18,19). The summed E-state index contributed by atoms with van der Waals surface area (Å²) in [5.41, 5.74) is 0.553. The first-order valence-electron chi connectivity index (χ1n) is 6.08. The highest BCUT2D eigenvalue weighted by atomic mass is 16.4. The van der Waals surface area contributed by atoms with E-state index in [9.17, 15) is 9.90 Å². The normalized spacial score (nSPS) is 17.2. The lowest BCUT2D eigenvalue weighted by Crippen LogP contribution is -2.48. The fourth-order valence-electron chi connectivity index (χ4n) is 2.48. The van der Waals surface area contributed by atoms with Gasteiger partial charge in [-0.15, -0.1) is 5.10 Å². The van der Waals surface area contributed by atoms with Gasteiger partial charge in [-0.25, -0.2) is 9.48 Å². The zero-order valence-electron chi connectivity index (χ0n) is 10.7. The molecule has 1 aliphatic carbocycles. The van der Waals surface area contributed by atoms with Gasteiger partial charge in [-0.05, 0) is 42.7 Å². The smallest absolute Gasteiger partial charge is 0.331 e. The summed E-state index contributed by atoms with van der Waals surface area (Å²) >= 11 is 0. The van der Waals surface area contributed by atoms with Crippen LogP contribution < -0.4 is 0 Å². The fraction of sp³-hybridized carbons (Fsp3) is 0.545. The van der Waals surface area contributed by atoms with Crippen LogP contribution in [-0.2, 0) is 17.4 Å². The predicted octanol–water partition coefficient (Wildman–Crippen LogP) is 0.346. The van der Waals surface area contributed by atoms with Crippen LogP contribution in [-0.4, -0.2) is 41.1 Å². The summed E-state index contributed by atoms with van der Waals surface area (Å²) in [5, 5.41) is 25.2. The van der Waals surface area contributed by atoms with Crippen molar-refractivity contribution in [2.75, 3.05) is 0 Å². The highest BCUT2D eigenvalue weighted by molar-refractivity contribution is 5.78. The minimum atomic E-state index is -1.00. The Bertz CT molecular complexity index is 639. The lowest BCUT2D eigenvalue weighted by Gasteiger charge is -2.37. The van der Waals surface area contributed by atoms with E-state index in [1.807, 2.05) is 13.0 Å². The SMILES string of the molecule is Cc1cc(-c2nnnn2C2(C(=O)O)CCC2)n(C)n1. The van der Waals surface area contributed by atoms with Gasteiger partial charge in [0.1, 0.15) is 5.69 Å². The van der Waals surface area contributed by atoms with Crippen LogP contribution in [0.1, 0.15) is 25.0 Å². The number of aryl methyl sites for hydroxylation is 2. The molecule has 0 spiro atoms. The largest absolute Gasteiger partial charge is 0.479 e. The Hall–Kier alpha value is -2.25. The van der Waals surface area contributed by atoms with E-state index in [0.29, 0.717) is 18.7 Å². The molecule has 1 N–H and O–H groups in total. The molecule has 3 rings (SSSR count). The minimum Gasteiger partial charge on any atom is -0.479 e. The third-order valence-electron chi connectivity index (χ3n) is 3.68. The summed E-state index contributed by atoms with van der Waals surface area (Å²) < 4.78 is 3.08. The number of carboxylic acid groups (broad SMARTS) is 1. The zero-order chi connectivity index (χ0) is 13.6. The Morgan fingerprint density at radius 2 is 2.21 bits per heavy atom. The molecule has 0 aromatic carbocycles. The first kappa shape index (κ1) is 11.8. The van der Waals surface area contributed by atoms with Crippen molar-refractivity contribution < 1.29 is 9.90 Å². The number of carboxylic acids is 1. The van der Waals surface area contributed by atoms with E-state index in [-0.39, 0.29) is 0 Å². The number of hydrogen-bond donors (Lipinski definition) is 1. The number of nitrogens with zero attached hydrogens (tertiary/aromatic N) is 6. The molecule has 0 atom stereocenters. The van der Waals surface area contributed by atoms with E-state index in [1.54, 1.807) is 11.7 Å². The van der Waals surface area contributed by atoms with E-state index in [4.69, 9.17) is 0 Å². The first-order valence-corrected chi connectivity index (χ1v) is 6.08. The minimum absolute atomic E-state index is 0.449. The highest BCUT2D eigenvalue weighted by Crippen LogP contribution is 2.40. The van der Waals surface area contributed by atoms with Gasteiger partial charge in [0.2, 0.25) is 5.82 Å². The third-order valence-corrected chi connectivity index (χ3v) is 3.68. The molecule has 100 valence electrons.